The molecule has 0 bridgehead atoms. The number of likely N-dealkylation sites (tertiary alicyclic amines) is 2. The quantitative estimate of drug-likeness (QED) is 0.0649. The predicted molar refractivity (Wildman–Crippen MR) is 386 cm³/mol. The molecule has 102 heavy (non-hydrogen) atoms. The lowest BCUT2D eigenvalue weighted by molar-refractivity contribution is -0.175. The molecule has 0 aromatic heterocycles. The Morgan fingerprint density at radius 1 is 0.529 bits per heavy atom. The number of ether oxygens (including phenoxy) is 4. The first-order chi connectivity index (χ1) is 46.3. The average molecular weight is 1510 g/mol. The highest BCUT2D eigenvalue weighted by molar-refractivity contribution is 7.93. The van der Waals surface area contributed by atoms with E-state index in [4.69, 9.17) is 24.7 Å². The third-order valence-electron chi connectivity index (χ3n) is 20.3. The van der Waals surface area contributed by atoms with E-state index < -0.39 is 177 Å². The maximum Gasteiger partial charge on any atom is 0.329 e. The Balaban J connectivity index is 0.000000316. The zero-order valence-electron chi connectivity index (χ0n) is 63.7. The number of aliphatic hydroxyl groups excluding tert-OH is 2. The molecular formula is C70H125ClN10O19S2. The first-order valence-corrected chi connectivity index (χ1v) is 39.8. The highest BCUT2D eigenvalue weighted by Crippen LogP contribution is 2.41. The Morgan fingerprint density at radius 3 is 1.22 bits per heavy atom. The van der Waals surface area contributed by atoms with E-state index in [-0.39, 0.29) is 55.0 Å². The second-order valence-corrected chi connectivity index (χ2v) is 40.0. The van der Waals surface area contributed by atoms with Crippen LogP contribution in [0.5, 0.6) is 0 Å². The first-order valence-electron chi connectivity index (χ1n) is 36.5. The summed E-state index contributed by atoms with van der Waals surface area (Å²) in [6, 6.07) is -6.96. The molecule has 8 aliphatic rings. The summed E-state index contributed by atoms with van der Waals surface area (Å²) in [5, 5.41) is 50.2. The van der Waals surface area contributed by atoms with Gasteiger partial charge in [-0.3, -0.25) is 24.0 Å². The molecule has 12 N–H and O–H groups in total. The van der Waals surface area contributed by atoms with Gasteiger partial charge in [0.05, 0.1) is 51.2 Å². The molecule has 8 rings (SSSR count). The molecule has 4 aliphatic heterocycles. The lowest BCUT2D eigenvalue weighted by Crippen LogP contribution is -2.64. The van der Waals surface area contributed by atoms with Gasteiger partial charge in [-0.05, 0) is 144 Å². The molecule has 29 nitrogen and oxygen atoms in total. The first kappa shape index (κ1) is 87.9. The number of amides is 9. The molecule has 4 saturated carbocycles. The summed E-state index contributed by atoms with van der Waals surface area (Å²) in [6.45, 7) is 31.3. The highest BCUT2D eigenvalue weighted by Gasteiger charge is 2.60. The molecule has 0 spiro atoms. The number of hydrogen-bond donors (Lipinski definition) is 11. The van der Waals surface area contributed by atoms with E-state index in [1.165, 1.54) is 9.80 Å². The van der Waals surface area contributed by atoms with E-state index in [9.17, 15) is 70.5 Å². The van der Waals surface area contributed by atoms with Crippen molar-refractivity contribution in [3.63, 3.8) is 0 Å². The van der Waals surface area contributed by atoms with Gasteiger partial charge in [-0.1, -0.05) is 107 Å². The largest absolute Gasteiger partial charge is 0.480 e. The van der Waals surface area contributed by atoms with Crippen molar-refractivity contribution in [1.29, 1.82) is 0 Å². The van der Waals surface area contributed by atoms with Crippen LogP contribution in [0.4, 0.5) is 9.59 Å². The van der Waals surface area contributed by atoms with Gasteiger partial charge in [0.2, 0.25) is 17.7 Å². The summed E-state index contributed by atoms with van der Waals surface area (Å²) in [6.07, 6.45) is 7.81. The van der Waals surface area contributed by atoms with Crippen LogP contribution in [0.1, 0.15) is 240 Å². The van der Waals surface area contributed by atoms with Gasteiger partial charge in [-0.15, -0.1) is 12.4 Å². The smallest absolute Gasteiger partial charge is 0.329 e. The Morgan fingerprint density at radius 2 is 0.882 bits per heavy atom. The van der Waals surface area contributed by atoms with Crippen molar-refractivity contribution >= 4 is 79.6 Å². The number of carboxylic acids is 1. The van der Waals surface area contributed by atoms with Gasteiger partial charge in [-0.25, -0.2) is 31.2 Å². The van der Waals surface area contributed by atoms with E-state index >= 15 is 0 Å². The zero-order chi connectivity index (χ0) is 76.2. The number of halogens is 1. The number of hydrogen-bond acceptors (Lipinski definition) is 19. The minimum Gasteiger partial charge on any atom is -0.480 e. The summed E-state index contributed by atoms with van der Waals surface area (Å²) in [5.74, 6) is -6.15. The maximum absolute atomic E-state index is 14.5. The molecule has 0 radical (unpaired) electrons. The fraction of sp³-hybridized carbons (Fsp3) is 0.886. The molecule has 4 aliphatic carbocycles. The number of carbonyl (C=O) groups is 8. The van der Waals surface area contributed by atoms with Crippen LogP contribution in [-0.2, 0) is 67.4 Å². The number of nitrogens with two attached hydrogens (primary N) is 1. The number of rotatable bonds is 23. The predicted octanol–water partition coefficient (Wildman–Crippen LogP) is 4.88. The fourth-order valence-corrected chi connectivity index (χ4v) is 17.0. The molecule has 8 fully saturated rings. The van der Waals surface area contributed by atoms with Crippen molar-refractivity contribution in [2.24, 2.45) is 16.6 Å². The van der Waals surface area contributed by atoms with Crippen molar-refractivity contribution in [1.82, 2.24) is 47.0 Å². The van der Waals surface area contributed by atoms with Crippen molar-refractivity contribution in [3.8, 4) is 0 Å². The molecular weight excluding hydrogens is 1380 g/mol. The number of sulfone groups is 2. The normalized spacial score (nSPS) is 26.1. The van der Waals surface area contributed by atoms with Crippen LogP contribution in [0.2, 0.25) is 0 Å². The Labute approximate surface area is 611 Å². The van der Waals surface area contributed by atoms with Crippen LogP contribution >= 0.6 is 12.4 Å². The van der Waals surface area contributed by atoms with Crippen molar-refractivity contribution in [2.75, 3.05) is 24.6 Å². The summed E-state index contributed by atoms with van der Waals surface area (Å²) in [7, 11) is -7.12. The molecule has 9 amide bonds. The van der Waals surface area contributed by atoms with Crippen LogP contribution in [-0.4, -0.2) is 231 Å². The second-order valence-electron chi connectivity index (χ2n) is 34.5. The third kappa shape index (κ3) is 23.1. The number of carboxylic acid groups (broad SMARTS) is 1. The summed E-state index contributed by atoms with van der Waals surface area (Å²) in [4.78, 5) is 108. The molecule has 4 heterocycles. The van der Waals surface area contributed by atoms with Crippen molar-refractivity contribution < 1.29 is 89.5 Å². The number of carbonyl (C=O) groups excluding carboxylic acids is 7. The molecule has 12 atom stereocenters. The molecule has 0 aromatic carbocycles. The second kappa shape index (κ2) is 34.0. The minimum atomic E-state index is -3.58. The highest BCUT2D eigenvalue weighted by atomic mass is 35.5. The van der Waals surface area contributed by atoms with Gasteiger partial charge in [0.1, 0.15) is 48.6 Å². The minimum absolute atomic E-state index is 0. The van der Waals surface area contributed by atoms with Crippen LogP contribution in [0.25, 0.3) is 0 Å². The number of nitrogens with one attached hydrogen (secondary N) is 7. The van der Waals surface area contributed by atoms with Gasteiger partial charge >= 0.3 is 18.0 Å². The SMILES string of the molecule is CC1(C)O[C@H]2[C@H](CN(C(=O)[C@@H](NC(=O)NC3(CS(=O)(=O)C(C)(C)C)CCCCC3)C(C)(C)C)[C@@H]2C(=O)O)O1.CCC[C@H](N)C(O)C(=O)NC1CC1.CCC[C@H](NC(=O)[C@@H]1[C@H]2OC(C)(C)O[C@H]2CN1C(=O)[C@@H](NC(=O)NC1(CS(=O)(=O)C(C)(C)C)CCCCC1)C(C)(C)C)C(O)C(=O)NC1CC1.Cl. The van der Waals surface area contributed by atoms with Gasteiger partial charge in [-0.2, -0.15) is 0 Å². The fourth-order valence-electron chi connectivity index (χ4n) is 14.0. The van der Waals surface area contributed by atoms with E-state index in [1.807, 2.05) is 13.8 Å². The Bertz CT molecular complexity index is 3170. The zero-order valence-corrected chi connectivity index (χ0v) is 66.2. The molecule has 4 saturated heterocycles. The lowest BCUT2D eigenvalue weighted by atomic mass is 9.83. The standard InChI is InChI=1S/C35H61N5O9S.C26H45N3O8S.C9H18N2O2.ClH/c1-10-14-22(25(41)29(43)36-21-15-16-21)37-28(42)24-26-23(48-34(8,9)49-26)19-40(24)30(44)27(32(2,3)4)38-31(45)39-35(17-12-11-13-18-35)20-50(46,47)33(5,6)7;1-23(2,3)19(20(30)29-14-16-18(17(29)21(31)32)37-25(7,8)36-16)27-22(33)28-26(12-10-9-11-13-26)15-38(34,35)24(4,5)6;1-2-3-7(10)8(12)9(13)11-6-4-5-6;/h21-27,41H,10-20H2,1-9H3,(H,36,43)(H,37,42)(H2,38,39,45);16-19H,9-15H2,1-8H3,(H,31,32)(H2,27,28,33);6-8,12H,2-5,10H2,1H3,(H,11,13);1H/t22-,23-,24-,25?,26-,27+;16-,17-,18-,19+;7-,8?;/m000./s1. The van der Waals surface area contributed by atoms with Gasteiger partial charge < -0.3 is 87.0 Å². The third-order valence-corrected chi connectivity index (χ3v) is 25.9. The molecule has 588 valence electrons. The number of urea groups is 2. The van der Waals surface area contributed by atoms with E-state index in [2.05, 4.69) is 37.2 Å². The van der Waals surface area contributed by atoms with Crippen LogP contribution in [0.15, 0.2) is 0 Å². The molecule has 2 unspecified atom stereocenters. The molecule has 0 aromatic rings. The number of aliphatic carboxylic acids is 1. The Hall–Kier alpha value is -4.73. The van der Waals surface area contributed by atoms with Crippen molar-refractivity contribution in [3.05, 3.63) is 0 Å². The van der Waals surface area contributed by atoms with Gasteiger partial charge in [0.25, 0.3) is 11.8 Å². The Kier molecular flexibility index (Phi) is 29.3. The number of nitrogens with zero attached hydrogens (tertiary/aromatic N) is 2. The topological polar surface area (TPSA) is 419 Å². The average Bonchev–Trinajstić information content (AvgIpc) is 1.54. The maximum atomic E-state index is 14.5. The summed E-state index contributed by atoms with van der Waals surface area (Å²) < 4.78 is 74.8. The summed E-state index contributed by atoms with van der Waals surface area (Å²) in [5.41, 5.74) is 2.09. The van der Waals surface area contributed by atoms with E-state index in [0.717, 1.165) is 70.6 Å². The van der Waals surface area contributed by atoms with Gasteiger partial charge in [0, 0.05) is 18.1 Å². The van der Waals surface area contributed by atoms with Gasteiger partial charge in [0.15, 0.2) is 43.4 Å². The van der Waals surface area contributed by atoms with E-state index in [0.29, 0.717) is 44.9 Å². The van der Waals surface area contributed by atoms with Crippen molar-refractivity contribution in [2.45, 2.75) is 357 Å². The van der Waals surface area contributed by atoms with E-state index in [1.54, 1.807) is 111 Å². The van der Waals surface area contributed by atoms with Crippen LogP contribution < -0.4 is 43.0 Å². The number of aliphatic hydroxyl groups is 2. The monoisotopic (exact) mass is 1510 g/mol. The summed E-state index contributed by atoms with van der Waals surface area (Å²) >= 11 is 0. The number of fused-ring (bicyclic) bond motifs is 2. The van der Waals surface area contributed by atoms with Crippen LogP contribution in [0.3, 0.4) is 0 Å². The van der Waals surface area contributed by atoms with Crippen LogP contribution in [0, 0.1) is 10.8 Å². The lowest BCUT2D eigenvalue weighted by Gasteiger charge is -2.41. The molecule has 32 heteroatoms.